The van der Waals surface area contributed by atoms with Gasteiger partial charge < -0.3 is 14.8 Å². The minimum absolute atomic E-state index is 0.271. The first-order valence-corrected chi connectivity index (χ1v) is 8.40. The van der Waals surface area contributed by atoms with Crippen LogP contribution in [-0.4, -0.2) is 37.7 Å². The maximum atomic E-state index is 11.9. The van der Waals surface area contributed by atoms with Crippen LogP contribution in [0.2, 0.25) is 0 Å². The normalized spacial score (nSPS) is 10.2. The highest BCUT2D eigenvalue weighted by atomic mass is 16.5. The second kappa shape index (κ2) is 11.1. The summed E-state index contributed by atoms with van der Waals surface area (Å²) in [5.74, 6) is -0.385. The molecule has 7 heteroatoms. The lowest BCUT2D eigenvalue weighted by Gasteiger charge is -2.09. The predicted molar refractivity (Wildman–Crippen MR) is 93.5 cm³/mol. The monoisotopic (exact) mass is 350 g/mol. The zero-order valence-corrected chi connectivity index (χ0v) is 15.0. The molecule has 0 aromatic heterocycles. The van der Waals surface area contributed by atoms with Crippen LogP contribution in [0.4, 0.5) is 4.79 Å². The van der Waals surface area contributed by atoms with E-state index in [1.165, 1.54) is 0 Å². The standard InChI is InChI=1S/C18H26N2O5/c1-4-5-10-24-15-8-6-14(7-9-15)17(22)25-12-16(21)20-18(23)19-11-13(2)3/h6-9,13H,4-5,10-12H2,1-3H3,(H2,19,20,21,23). The summed E-state index contributed by atoms with van der Waals surface area (Å²) >= 11 is 0. The molecule has 0 radical (unpaired) electrons. The fourth-order valence-electron chi connectivity index (χ4n) is 1.74. The number of benzene rings is 1. The first kappa shape index (κ1) is 20.5. The Hall–Kier alpha value is -2.57. The number of esters is 1. The summed E-state index contributed by atoms with van der Waals surface area (Å²) in [5, 5.41) is 4.63. The number of imide groups is 1. The van der Waals surface area contributed by atoms with Crippen molar-refractivity contribution in [3.63, 3.8) is 0 Å². The van der Waals surface area contributed by atoms with E-state index in [0.717, 1.165) is 12.8 Å². The number of amides is 3. The van der Waals surface area contributed by atoms with Crippen molar-refractivity contribution < 1.29 is 23.9 Å². The molecule has 2 N–H and O–H groups in total. The Kier molecular flexibility index (Phi) is 9.06. The lowest BCUT2D eigenvalue weighted by atomic mass is 10.2. The zero-order valence-electron chi connectivity index (χ0n) is 15.0. The number of hydrogen-bond donors (Lipinski definition) is 2. The molecule has 0 heterocycles. The Morgan fingerprint density at radius 2 is 1.80 bits per heavy atom. The summed E-state index contributed by atoms with van der Waals surface area (Å²) in [6.07, 6.45) is 2.01. The highest BCUT2D eigenvalue weighted by molar-refractivity contribution is 5.97. The average Bonchev–Trinajstić information content (AvgIpc) is 2.58. The van der Waals surface area contributed by atoms with Crippen molar-refractivity contribution in [3.05, 3.63) is 29.8 Å². The highest BCUT2D eigenvalue weighted by Crippen LogP contribution is 2.13. The van der Waals surface area contributed by atoms with Crippen molar-refractivity contribution in [2.24, 2.45) is 5.92 Å². The maximum Gasteiger partial charge on any atom is 0.338 e. The number of carbonyl (C=O) groups is 3. The van der Waals surface area contributed by atoms with Crippen molar-refractivity contribution in [2.75, 3.05) is 19.8 Å². The number of nitrogens with one attached hydrogen (secondary N) is 2. The predicted octanol–water partition coefficient (Wildman–Crippen LogP) is 2.50. The molecular weight excluding hydrogens is 324 g/mol. The molecule has 7 nitrogen and oxygen atoms in total. The number of hydrogen-bond acceptors (Lipinski definition) is 5. The fraction of sp³-hybridized carbons (Fsp3) is 0.500. The van der Waals surface area contributed by atoms with Gasteiger partial charge in [-0.2, -0.15) is 0 Å². The van der Waals surface area contributed by atoms with Crippen LogP contribution in [0.5, 0.6) is 5.75 Å². The lowest BCUT2D eigenvalue weighted by molar-refractivity contribution is -0.123. The molecule has 1 aromatic rings. The van der Waals surface area contributed by atoms with Gasteiger partial charge in [0.1, 0.15) is 5.75 Å². The molecule has 0 aliphatic rings. The number of carbonyl (C=O) groups excluding carboxylic acids is 3. The van der Waals surface area contributed by atoms with Gasteiger partial charge in [-0.15, -0.1) is 0 Å². The molecule has 25 heavy (non-hydrogen) atoms. The fourth-order valence-corrected chi connectivity index (χ4v) is 1.74. The summed E-state index contributed by atoms with van der Waals surface area (Å²) in [6.45, 7) is 6.49. The second-order valence-corrected chi connectivity index (χ2v) is 5.95. The van der Waals surface area contributed by atoms with Gasteiger partial charge in [0.05, 0.1) is 12.2 Å². The summed E-state index contributed by atoms with van der Waals surface area (Å²) in [7, 11) is 0. The van der Waals surface area contributed by atoms with Crippen LogP contribution in [0, 0.1) is 5.92 Å². The minimum Gasteiger partial charge on any atom is -0.494 e. The van der Waals surface area contributed by atoms with E-state index in [1.807, 2.05) is 13.8 Å². The van der Waals surface area contributed by atoms with E-state index in [1.54, 1.807) is 24.3 Å². The Labute approximate surface area is 148 Å². The maximum absolute atomic E-state index is 11.9. The van der Waals surface area contributed by atoms with Crippen molar-refractivity contribution in [1.29, 1.82) is 0 Å². The van der Waals surface area contributed by atoms with Gasteiger partial charge in [0.25, 0.3) is 5.91 Å². The van der Waals surface area contributed by atoms with Crippen LogP contribution in [0.1, 0.15) is 44.0 Å². The van der Waals surface area contributed by atoms with Crippen LogP contribution in [-0.2, 0) is 9.53 Å². The van der Waals surface area contributed by atoms with Gasteiger partial charge in [0, 0.05) is 6.54 Å². The molecule has 0 atom stereocenters. The zero-order chi connectivity index (χ0) is 18.7. The van der Waals surface area contributed by atoms with Gasteiger partial charge >= 0.3 is 12.0 Å². The lowest BCUT2D eigenvalue weighted by Crippen LogP contribution is -2.42. The highest BCUT2D eigenvalue weighted by Gasteiger charge is 2.12. The number of ether oxygens (including phenoxy) is 2. The van der Waals surface area contributed by atoms with Gasteiger partial charge in [-0.25, -0.2) is 9.59 Å². The first-order chi connectivity index (χ1) is 11.9. The van der Waals surface area contributed by atoms with Crippen LogP contribution >= 0.6 is 0 Å². The summed E-state index contributed by atoms with van der Waals surface area (Å²) in [4.78, 5) is 34.9. The number of rotatable bonds is 9. The third-order valence-corrected chi connectivity index (χ3v) is 3.11. The van der Waals surface area contributed by atoms with Gasteiger partial charge in [-0.05, 0) is 36.6 Å². The van der Waals surface area contributed by atoms with Gasteiger partial charge in [-0.3, -0.25) is 10.1 Å². The quantitative estimate of drug-likeness (QED) is 0.527. The summed E-state index contributed by atoms with van der Waals surface area (Å²) in [5.41, 5.74) is 0.305. The SMILES string of the molecule is CCCCOc1ccc(C(=O)OCC(=O)NC(=O)NCC(C)C)cc1. The Balaban J connectivity index is 2.35. The van der Waals surface area contributed by atoms with Crippen molar-refractivity contribution in [1.82, 2.24) is 10.6 Å². The van der Waals surface area contributed by atoms with E-state index >= 15 is 0 Å². The summed E-state index contributed by atoms with van der Waals surface area (Å²) in [6, 6.07) is 5.87. The minimum atomic E-state index is -0.686. The van der Waals surface area contributed by atoms with E-state index < -0.39 is 24.5 Å². The largest absolute Gasteiger partial charge is 0.494 e. The Bertz CT molecular complexity index is 569. The van der Waals surface area contributed by atoms with Gasteiger partial charge in [0.2, 0.25) is 0 Å². The molecular formula is C18H26N2O5. The van der Waals surface area contributed by atoms with Gasteiger partial charge in [0.15, 0.2) is 6.61 Å². The smallest absolute Gasteiger partial charge is 0.338 e. The van der Waals surface area contributed by atoms with E-state index in [2.05, 4.69) is 17.6 Å². The van der Waals surface area contributed by atoms with Crippen molar-refractivity contribution in [2.45, 2.75) is 33.6 Å². The molecule has 0 aliphatic carbocycles. The first-order valence-electron chi connectivity index (χ1n) is 8.40. The average molecular weight is 350 g/mol. The topological polar surface area (TPSA) is 93.7 Å². The second-order valence-electron chi connectivity index (χ2n) is 5.95. The summed E-state index contributed by atoms with van der Waals surface area (Å²) < 4.78 is 10.4. The molecule has 0 spiro atoms. The third-order valence-electron chi connectivity index (χ3n) is 3.11. The Morgan fingerprint density at radius 1 is 1.12 bits per heavy atom. The Morgan fingerprint density at radius 3 is 2.40 bits per heavy atom. The van der Waals surface area contributed by atoms with E-state index in [4.69, 9.17) is 9.47 Å². The molecule has 0 saturated heterocycles. The van der Waals surface area contributed by atoms with E-state index in [-0.39, 0.29) is 5.92 Å². The molecule has 1 aromatic carbocycles. The molecule has 0 fully saturated rings. The molecule has 3 amide bonds. The molecule has 1 rings (SSSR count). The molecule has 0 aliphatic heterocycles. The third kappa shape index (κ3) is 8.74. The molecule has 0 unspecified atom stereocenters. The van der Waals surface area contributed by atoms with Crippen LogP contribution in [0.15, 0.2) is 24.3 Å². The number of urea groups is 1. The van der Waals surface area contributed by atoms with Crippen molar-refractivity contribution in [3.8, 4) is 5.75 Å². The van der Waals surface area contributed by atoms with Crippen LogP contribution < -0.4 is 15.4 Å². The molecule has 0 bridgehead atoms. The van der Waals surface area contributed by atoms with Crippen LogP contribution in [0.25, 0.3) is 0 Å². The molecule has 138 valence electrons. The number of unbranched alkanes of at least 4 members (excludes halogenated alkanes) is 1. The molecule has 0 saturated carbocycles. The van der Waals surface area contributed by atoms with Crippen molar-refractivity contribution >= 4 is 17.9 Å². The van der Waals surface area contributed by atoms with E-state index in [9.17, 15) is 14.4 Å². The van der Waals surface area contributed by atoms with E-state index in [0.29, 0.717) is 24.5 Å². The van der Waals surface area contributed by atoms with Crippen LogP contribution in [0.3, 0.4) is 0 Å². The van der Waals surface area contributed by atoms with Gasteiger partial charge in [-0.1, -0.05) is 27.2 Å².